The van der Waals surface area contributed by atoms with Gasteiger partial charge in [-0.3, -0.25) is 0 Å². The highest BCUT2D eigenvalue weighted by molar-refractivity contribution is 5.77. The highest BCUT2D eigenvalue weighted by Crippen LogP contribution is 2.25. The largest absolute Gasteiger partial charge is 0.372 e. The number of hydrogen-bond acceptors (Lipinski definition) is 2. The van der Waals surface area contributed by atoms with Gasteiger partial charge in [-0.15, -0.1) is 0 Å². The minimum absolute atomic E-state index is 0.575. The van der Waals surface area contributed by atoms with Crippen LogP contribution in [0.25, 0.3) is 0 Å². The van der Waals surface area contributed by atoms with Gasteiger partial charge in [-0.05, 0) is 55.2 Å². The SMILES string of the molecule is CC1CCN(c2ccc(CN=C(N)NCC3CCC3)cc2)CC1. The Morgan fingerprint density at radius 1 is 1.17 bits per heavy atom. The lowest BCUT2D eigenvalue weighted by Gasteiger charge is -2.32. The molecule has 3 N–H and O–H groups in total. The van der Waals surface area contributed by atoms with Crippen LogP contribution in [0.4, 0.5) is 5.69 Å². The molecule has 2 fully saturated rings. The molecule has 1 aromatic carbocycles. The number of nitrogens with zero attached hydrogens (tertiary/aromatic N) is 2. The first kappa shape index (κ1) is 16.2. The Kier molecular flexibility index (Phi) is 5.42. The van der Waals surface area contributed by atoms with Crippen LogP contribution in [0, 0.1) is 11.8 Å². The molecule has 1 saturated heterocycles. The fourth-order valence-corrected chi connectivity index (χ4v) is 3.26. The van der Waals surface area contributed by atoms with Gasteiger partial charge in [-0.1, -0.05) is 25.5 Å². The molecule has 1 heterocycles. The summed E-state index contributed by atoms with van der Waals surface area (Å²) in [5.41, 5.74) is 8.49. The van der Waals surface area contributed by atoms with Crippen LogP contribution < -0.4 is 16.0 Å². The van der Waals surface area contributed by atoms with E-state index >= 15 is 0 Å². The molecular weight excluding hydrogens is 284 g/mol. The third-order valence-electron chi connectivity index (χ3n) is 5.31. The first-order chi connectivity index (χ1) is 11.2. The zero-order chi connectivity index (χ0) is 16.1. The van der Waals surface area contributed by atoms with Crippen LogP contribution in [0.15, 0.2) is 29.3 Å². The smallest absolute Gasteiger partial charge is 0.188 e. The Morgan fingerprint density at radius 2 is 1.87 bits per heavy atom. The minimum Gasteiger partial charge on any atom is -0.372 e. The molecule has 0 atom stereocenters. The summed E-state index contributed by atoms with van der Waals surface area (Å²) in [4.78, 5) is 6.93. The molecule has 1 aromatic rings. The Balaban J connectivity index is 1.46. The van der Waals surface area contributed by atoms with Gasteiger partial charge in [0.1, 0.15) is 0 Å². The maximum Gasteiger partial charge on any atom is 0.188 e. The van der Waals surface area contributed by atoms with Crippen molar-refractivity contribution in [3.63, 3.8) is 0 Å². The van der Waals surface area contributed by atoms with E-state index in [1.54, 1.807) is 0 Å². The van der Waals surface area contributed by atoms with Crippen molar-refractivity contribution in [2.24, 2.45) is 22.6 Å². The third kappa shape index (κ3) is 4.63. The molecule has 4 nitrogen and oxygen atoms in total. The molecule has 0 aromatic heterocycles. The van der Waals surface area contributed by atoms with Gasteiger partial charge >= 0.3 is 0 Å². The van der Waals surface area contributed by atoms with Gasteiger partial charge in [0, 0.05) is 25.3 Å². The van der Waals surface area contributed by atoms with Gasteiger partial charge in [0.2, 0.25) is 0 Å². The normalized spacial score (nSPS) is 20.4. The summed E-state index contributed by atoms with van der Waals surface area (Å²) in [6.45, 7) is 6.33. The van der Waals surface area contributed by atoms with E-state index in [4.69, 9.17) is 5.73 Å². The Morgan fingerprint density at radius 3 is 2.48 bits per heavy atom. The lowest BCUT2D eigenvalue weighted by molar-refractivity contribution is 0.315. The van der Waals surface area contributed by atoms with Gasteiger partial charge in [0.15, 0.2) is 5.96 Å². The van der Waals surface area contributed by atoms with E-state index in [1.165, 1.54) is 56.4 Å². The standard InChI is InChI=1S/C19H30N4/c1-15-9-11-23(12-10-15)18-7-5-17(6-8-18)14-22-19(20)21-13-16-3-2-4-16/h5-8,15-16H,2-4,9-14H2,1H3,(H3,20,21,22). The number of benzene rings is 1. The second kappa shape index (κ2) is 7.71. The van der Waals surface area contributed by atoms with Gasteiger partial charge < -0.3 is 16.0 Å². The van der Waals surface area contributed by atoms with Crippen molar-refractivity contribution in [3.8, 4) is 0 Å². The third-order valence-corrected chi connectivity index (χ3v) is 5.31. The fourth-order valence-electron chi connectivity index (χ4n) is 3.26. The molecule has 23 heavy (non-hydrogen) atoms. The maximum atomic E-state index is 5.94. The number of nitrogens with two attached hydrogens (primary N) is 1. The average molecular weight is 314 g/mol. The van der Waals surface area contributed by atoms with Gasteiger partial charge in [-0.2, -0.15) is 0 Å². The zero-order valence-corrected chi connectivity index (χ0v) is 14.3. The topological polar surface area (TPSA) is 53.6 Å². The number of piperidine rings is 1. The summed E-state index contributed by atoms with van der Waals surface area (Å²) in [6, 6.07) is 8.80. The summed E-state index contributed by atoms with van der Waals surface area (Å²) in [5.74, 6) is 2.25. The van der Waals surface area contributed by atoms with Crippen LogP contribution in [-0.4, -0.2) is 25.6 Å². The van der Waals surface area contributed by atoms with E-state index in [1.807, 2.05) is 0 Å². The van der Waals surface area contributed by atoms with Crippen molar-refractivity contribution in [1.29, 1.82) is 0 Å². The molecule has 0 bridgehead atoms. The summed E-state index contributed by atoms with van der Waals surface area (Å²) in [5, 5.41) is 3.24. The predicted molar refractivity (Wildman–Crippen MR) is 97.7 cm³/mol. The molecule has 0 amide bonds. The summed E-state index contributed by atoms with van der Waals surface area (Å²) in [6.07, 6.45) is 6.63. The van der Waals surface area contributed by atoms with Gasteiger partial charge in [-0.25, -0.2) is 4.99 Å². The summed E-state index contributed by atoms with van der Waals surface area (Å²) in [7, 11) is 0. The molecule has 0 spiro atoms. The highest BCUT2D eigenvalue weighted by Gasteiger charge is 2.17. The molecular formula is C19H30N4. The van der Waals surface area contributed by atoms with Crippen LogP contribution in [0.5, 0.6) is 0 Å². The van der Waals surface area contributed by atoms with Crippen LogP contribution in [0.2, 0.25) is 0 Å². The Labute approximate surface area is 140 Å². The minimum atomic E-state index is 0.575. The second-order valence-electron chi connectivity index (χ2n) is 7.22. The first-order valence-electron chi connectivity index (χ1n) is 9.08. The average Bonchev–Trinajstić information content (AvgIpc) is 2.53. The highest BCUT2D eigenvalue weighted by atomic mass is 15.1. The molecule has 3 rings (SSSR count). The van der Waals surface area contributed by atoms with E-state index in [-0.39, 0.29) is 0 Å². The van der Waals surface area contributed by atoms with E-state index < -0.39 is 0 Å². The number of anilines is 1. The van der Waals surface area contributed by atoms with Gasteiger partial charge in [0.25, 0.3) is 0 Å². The summed E-state index contributed by atoms with van der Waals surface area (Å²) >= 11 is 0. The van der Waals surface area contributed by atoms with Crippen molar-refractivity contribution >= 4 is 11.6 Å². The Hall–Kier alpha value is -1.71. The Bertz CT molecular complexity index is 511. The lowest BCUT2D eigenvalue weighted by Crippen LogP contribution is -2.37. The number of aliphatic imine (C=N–C) groups is 1. The van der Waals surface area contributed by atoms with E-state index in [9.17, 15) is 0 Å². The molecule has 1 saturated carbocycles. The molecule has 126 valence electrons. The van der Waals surface area contributed by atoms with Crippen molar-refractivity contribution in [2.75, 3.05) is 24.5 Å². The predicted octanol–water partition coefficient (Wildman–Crippen LogP) is 3.13. The van der Waals surface area contributed by atoms with E-state index in [0.29, 0.717) is 12.5 Å². The number of guanidine groups is 1. The number of rotatable bonds is 5. The van der Waals surface area contributed by atoms with Crippen molar-refractivity contribution in [1.82, 2.24) is 5.32 Å². The number of hydrogen-bond donors (Lipinski definition) is 2. The maximum absolute atomic E-state index is 5.94. The second-order valence-corrected chi connectivity index (χ2v) is 7.22. The fraction of sp³-hybridized carbons (Fsp3) is 0.632. The number of nitrogens with one attached hydrogen (secondary N) is 1. The first-order valence-corrected chi connectivity index (χ1v) is 9.08. The molecule has 4 heteroatoms. The monoisotopic (exact) mass is 314 g/mol. The quantitative estimate of drug-likeness (QED) is 0.648. The molecule has 2 aliphatic rings. The van der Waals surface area contributed by atoms with Crippen LogP contribution in [0.1, 0.15) is 44.6 Å². The van der Waals surface area contributed by atoms with E-state index in [0.717, 1.165) is 18.4 Å². The van der Waals surface area contributed by atoms with Crippen LogP contribution in [-0.2, 0) is 6.54 Å². The van der Waals surface area contributed by atoms with Crippen molar-refractivity contribution in [3.05, 3.63) is 29.8 Å². The molecule has 1 aliphatic carbocycles. The zero-order valence-electron chi connectivity index (χ0n) is 14.3. The molecule has 1 aliphatic heterocycles. The van der Waals surface area contributed by atoms with Crippen molar-refractivity contribution in [2.45, 2.75) is 45.6 Å². The molecule has 0 unspecified atom stereocenters. The van der Waals surface area contributed by atoms with Crippen LogP contribution >= 0.6 is 0 Å². The van der Waals surface area contributed by atoms with Gasteiger partial charge in [0.05, 0.1) is 6.54 Å². The molecule has 0 radical (unpaired) electrons. The lowest BCUT2D eigenvalue weighted by atomic mass is 9.85. The van der Waals surface area contributed by atoms with Crippen LogP contribution in [0.3, 0.4) is 0 Å². The van der Waals surface area contributed by atoms with E-state index in [2.05, 4.69) is 46.4 Å². The summed E-state index contributed by atoms with van der Waals surface area (Å²) < 4.78 is 0. The van der Waals surface area contributed by atoms with Crippen molar-refractivity contribution < 1.29 is 0 Å².